The molecular weight excluding hydrogens is 236 g/mol. The number of phenols is 2. The van der Waals surface area contributed by atoms with Crippen LogP contribution in [0.3, 0.4) is 0 Å². The van der Waals surface area contributed by atoms with E-state index in [2.05, 4.69) is 26.5 Å². The van der Waals surface area contributed by atoms with Crippen LogP contribution in [0.25, 0.3) is 0 Å². The first-order valence-electron chi connectivity index (χ1n) is 6.76. The average Bonchev–Trinajstić information content (AvgIpc) is 2.35. The van der Waals surface area contributed by atoms with Crippen LogP contribution in [0.5, 0.6) is 11.5 Å². The van der Waals surface area contributed by atoms with E-state index in [1.54, 1.807) is 13.0 Å². The minimum Gasteiger partial charge on any atom is -0.508 e. The molecule has 0 amide bonds. The molecule has 1 aromatic rings. The van der Waals surface area contributed by atoms with E-state index >= 15 is 0 Å². The van der Waals surface area contributed by atoms with Crippen LogP contribution < -0.4 is 0 Å². The number of allylic oxidation sites excluding steroid dienone is 3. The van der Waals surface area contributed by atoms with E-state index in [0.717, 1.165) is 24.0 Å². The van der Waals surface area contributed by atoms with Crippen LogP contribution >= 0.6 is 0 Å². The summed E-state index contributed by atoms with van der Waals surface area (Å²) in [6.45, 7) is 10.0. The fraction of sp³-hybridized carbons (Fsp3) is 0.412. The maximum atomic E-state index is 10.3. The molecule has 0 saturated carbocycles. The normalized spacial score (nSPS) is 23.0. The lowest BCUT2D eigenvalue weighted by atomic mass is 9.74. The molecule has 0 heterocycles. The quantitative estimate of drug-likeness (QED) is 0.771. The Hall–Kier alpha value is -1.70. The number of aromatic hydroxyl groups is 2. The number of benzene rings is 1. The molecule has 19 heavy (non-hydrogen) atoms. The number of hydrogen-bond donors (Lipinski definition) is 2. The zero-order chi connectivity index (χ0) is 14.2. The number of phenolic OH excluding ortho intramolecular Hbond substituents is 2. The Balaban J connectivity index is 2.51. The van der Waals surface area contributed by atoms with Crippen LogP contribution in [0, 0.1) is 12.8 Å². The Morgan fingerprint density at radius 2 is 1.95 bits per heavy atom. The maximum Gasteiger partial charge on any atom is 0.125 e. The maximum absolute atomic E-state index is 10.3. The van der Waals surface area contributed by atoms with Crippen LogP contribution in [-0.2, 0) is 0 Å². The van der Waals surface area contributed by atoms with Crippen LogP contribution in [-0.4, -0.2) is 10.2 Å². The molecule has 0 aromatic heterocycles. The molecule has 2 atom stereocenters. The Bertz CT molecular complexity index is 540. The summed E-state index contributed by atoms with van der Waals surface area (Å²) in [5.74, 6) is 0.871. The molecule has 0 fully saturated rings. The molecule has 2 N–H and O–H groups in total. The first-order chi connectivity index (χ1) is 8.91. The van der Waals surface area contributed by atoms with Gasteiger partial charge in [-0.25, -0.2) is 0 Å². The molecule has 0 aliphatic heterocycles. The van der Waals surface area contributed by atoms with Gasteiger partial charge in [0.25, 0.3) is 0 Å². The summed E-state index contributed by atoms with van der Waals surface area (Å²) in [6, 6.07) is 3.49. The van der Waals surface area contributed by atoms with Gasteiger partial charge >= 0.3 is 0 Å². The molecule has 0 spiro atoms. The van der Waals surface area contributed by atoms with Crippen molar-refractivity contribution in [3.63, 3.8) is 0 Å². The summed E-state index contributed by atoms with van der Waals surface area (Å²) in [7, 11) is 0. The van der Waals surface area contributed by atoms with Gasteiger partial charge in [0, 0.05) is 17.0 Å². The van der Waals surface area contributed by atoms with Gasteiger partial charge in [0.15, 0.2) is 0 Å². The van der Waals surface area contributed by atoms with Gasteiger partial charge in [-0.15, -0.1) is 0 Å². The second kappa shape index (κ2) is 5.12. The van der Waals surface area contributed by atoms with Crippen LogP contribution in [0.15, 0.2) is 35.9 Å². The highest BCUT2D eigenvalue weighted by molar-refractivity contribution is 5.51. The van der Waals surface area contributed by atoms with Gasteiger partial charge in [0.05, 0.1) is 0 Å². The van der Waals surface area contributed by atoms with Crippen molar-refractivity contribution in [2.45, 2.75) is 39.5 Å². The molecule has 0 radical (unpaired) electrons. The van der Waals surface area contributed by atoms with Crippen molar-refractivity contribution in [2.75, 3.05) is 0 Å². The summed E-state index contributed by atoms with van der Waals surface area (Å²) in [5, 5.41) is 20.0. The van der Waals surface area contributed by atoms with Gasteiger partial charge in [-0.1, -0.05) is 29.9 Å². The molecule has 1 aliphatic rings. The zero-order valence-electron chi connectivity index (χ0n) is 11.9. The zero-order valence-corrected chi connectivity index (χ0v) is 11.9. The van der Waals surface area contributed by atoms with Crippen molar-refractivity contribution in [3.8, 4) is 11.5 Å². The lowest BCUT2D eigenvalue weighted by Crippen LogP contribution is -2.17. The Morgan fingerprint density at radius 3 is 2.58 bits per heavy atom. The van der Waals surface area contributed by atoms with Crippen molar-refractivity contribution >= 4 is 0 Å². The van der Waals surface area contributed by atoms with Gasteiger partial charge in [-0.05, 0) is 45.6 Å². The van der Waals surface area contributed by atoms with E-state index in [4.69, 9.17) is 0 Å². The lowest BCUT2D eigenvalue weighted by molar-refractivity contribution is 0.421. The number of rotatable bonds is 2. The van der Waals surface area contributed by atoms with Crippen LogP contribution in [0.1, 0.15) is 43.7 Å². The molecule has 2 unspecified atom stereocenters. The summed E-state index contributed by atoms with van der Waals surface area (Å²) in [4.78, 5) is 0. The molecule has 0 saturated heterocycles. The van der Waals surface area contributed by atoms with E-state index in [9.17, 15) is 10.2 Å². The predicted octanol–water partition coefficient (Wildman–Crippen LogP) is 4.42. The van der Waals surface area contributed by atoms with E-state index in [-0.39, 0.29) is 17.4 Å². The van der Waals surface area contributed by atoms with Crippen molar-refractivity contribution in [1.29, 1.82) is 0 Å². The minimum atomic E-state index is 0.143. The number of hydrogen-bond acceptors (Lipinski definition) is 2. The predicted molar refractivity (Wildman–Crippen MR) is 78.5 cm³/mol. The average molecular weight is 258 g/mol. The third kappa shape index (κ3) is 2.53. The Morgan fingerprint density at radius 1 is 1.26 bits per heavy atom. The highest BCUT2D eigenvalue weighted by Crippen LogP contribution is 2.44. The van der Waals surface area contributed by atoms with Crippen molar-refractivity contribution in [3.05, 3.63) is 47.1 Å². The van der Waals surface area contributed by atoms with Crippen LogP contribution in [0.4, 0.5) is 0 Å². The first-order valence-corrected chi connectivity index (χ1v) is 6.76. The fourth-order valence-electron chi connectivity index (χ4n) is 2.91. The van der Waals surface area contributed by atoms with Crippen molar-refractivity contribution < 1.29 is 10.2 Å². The first kappa shape index (κ1) is 13.7. The van der Waals surface area contributed by atoms with E-state index in [0.29, 0.717) is 11.5 Å². The third-order valence-corrected chi connectivity index (χ3v) is 4.17. The van der Waals surface area contributed by atoms with Crippen LogP contribution in [0.2, 0.25) is 0 Å². The van der Waals surface area contributed by atoms with Gasteiger partial charge in [-0.2, -0.15) is 0 Å². The Labute approximate surface area is 115 Å². The minimum absolute atomic E-state index is 0.143. The highest BCUT2D eigenvalue weighted by atomic mass is 16.3. The van der Waals surface area contributed by atoms with Crippen molar-refractivity contribution in [1.82, 2.24) is 0 Å². The molecule has 102 valence electrons. The molecule has 2 nitrogen and oxygen atoms in total. The lowest BCUT2D eigenvalue weighted by Gasteiger charge is -2.31. The summed E-state index contributed by atoms with van der Waals surface area (Å²) in [5.41, 5.74) is 3.95. The van der Waals surface area contributed by atoms with E-state index in [1.165, 1.54) is 5.57 Å². The topological polar surface area (TPSA) is 40.5 Å². The van der Waals surface area contributed by atoms with E-state index in [1.807, 2.05) is 6.07 Å². The molecular formula is C17H22O2. The van der Waals surface area contributed by atoms with Gasteiger partial charge in [-0.3, -0.25) is 0 Å². The molecule has 1 aliphatic carbocycles. The molecule has 2 heteroatoms. The smallest absolute Gasteiger partial charge is 0.125 e. The monoisotopic (exact) mass is 258 g/mol. The molecule has 2 rings (SSSR count). The molecule has 0 bridgehead atoms. The highest BCUT2D eigenvalue weighted by Gasteiger charge is 2.28. The largest absolute Gasteiger partial charge is 0.508 e. The summed E-state index contributed by atoms with van der Waals surface area (Å²) in [6.07, 6.45) is 4.39. The fourth-order valence-corrected chi connectivity index (χ4v) is 2.91. The van der Waals surface area contributed by atoms with Crippen molar-refractivity contribution in [2.24, 2.45) is 5.92 Å². The summed E-state index contributed by atoms with van der Waals surface area (Å²) < 4.78 is 0. The second-order valence-electron chi connectivity index (χ2n) is 5.68. The van der Waals surface area contributed by atoms with Gasteiger partial charge < -0.3 is 10.2 Å². The Kier molecular flexibility index (Phi) is 3.70. The molecule has 1 aromatic carbocycles. The van der Waals surface area contributed by atoms with Gasteiger partial charge in [0.1, 0.15) is 11.5 Å². The third-order valence-electron chi connectivity index (χ3n) is 4.17. The summed E-state index contributed by atoms with van der Waals surface area (Å²) >= 11 is 0. The standard InChI is InChI=1S/C17H22O2/c1-10(2)13-6-5-11(3)9-15(13)14-7-8-16(18)12(4)17(14)19/h7-9,13,15,18-19H,1,5-6H2,2-4H3. The van der Waals surface area contributed by atoms with Gasteiger partial charge in [0.2, 0.25) is 0 Å². The second-order valence-corrected chi connectivity index (χ2v) is 5.68. The van der Waals surface area contributed by atoms with E-state index < -0.39 is 0 Å². The SMILES string of the molecule is C=C(C)C1CCC(C)=CC1c1ccc(O)c(C)c1O.